The molecule has 0 spiro atoms. The van der Waals surface area contributed by atoms with Gasteiger partial charge in [0, 0.05) is 11.1 Å². The van der Waals surface area contributed by atoms with Crippen molar-refractivity contribution in [3.05, 3.63) is 65.7 Å². The Hall–Kier alpha value is -2.59. The number of hydrogen-bond donors (Lipinski definition) is 0. The molecule has 34 heavy (non-hydrogen) atoms. The third-order valence-electron chi connectivity index (χ3n) is 6.63. The van der Waals surface area contributed by atoms with Gasteiger partial charge in [-0.3, -0.25) is 4.79 Å². The van der Waals surface area contributed by atoms with Crippen LogP contribution in [0.3, 0.4) is 0 Å². The Labute approximate surface area is 205 Å². The third-order valence-corrected chi connectivity index (χ3v) is 6.63. The van der Waals surface area contributed by atoms with Crippen molar-refractivity contribution < 1.29 is 19.0 Å². The van der Waals surface area contributed by atoms with Crippen LogP contribution >= 0.6 is 0 Å². The van der Waals surface area contributed by atoms with Gasteiger partial charge >= 0.3 is 5.97 Å². The van der Waals surface area contributed by atoms with E-state index >= 15 is 0 Å². The highest BCUT2D eigenvalue weighted by Gasteiger charge is 2.37. The molecule has 0 saturated carbocycles. The molecule has 3 rings (SSSR count). The minimum atomic E-state index is -0.392. The van der Waals surface area contributed by atoms with Crippen molar-refractivity contribution in [1.82, 2.24) is 0 Å². The van der Waals surface area contributed by atoms with Gasteiger partial charge in [-0.25, -0.2) is 0 Å². The molecule has 0 amide bonds. The van der Waals surface area contributed by atoms with Crippen molar-refractivity contribution in [2.45, 2.75) is 84.3 Å². The lowest BCUT2D eigenvalue weighted by atomic mass is 9.79. The minimum Gasteiger partial charge on any atom is -0.497 e. The van der Waals surface area contributed by atoms with Crippen LogP contribution < -0.4 is 9.47 Å². The number of rotatable bonds is 6. The monoisotopic (exact) mass is 464 g/mol. The Bertz CT molecular complexity index is 989. The van der Waals surface area contributed by atoms with Gasteiger partial charge in [0.2, 0.25) is 0 Å². The quantitative estimate of drug-likeness (QED) is 0.338. The smallest absolute Gasteiger partial charge is 0.316 e. The van der Waals surface area contributed by atoms with Crippen molar-refractivity contribution >= 4 is 11.5 Å². The molecule has 0 aliphatic carbocycles. The number of esters is 1. The first-order valence-corrected chi connectivity index (χ1v) is 12.2. The van der Waals surface area contributed by atoms with Crippen LogP contribution in [0.4, 0.5) is 0 Å². The van der Waals surface area contributed by atoms with E-state index in [1.807, 2.05) is 49.4 Å². The van der Waals surface area contributed by atoms with E-state index in [0.29, 0.717) is 5.75 Å². The number of hydrogen-bond acceptors (Lipinski definition) is 4. The van der Waals surface area contributed by atoms with Crippen LogP contribution in [0.1, 0.15) is 78.0 Å². The van der Waals surface area contributed by atoms with Gasteiger partial charge in [-0.15, -0.1) is 0 Å². The molecule has 4 nitrogen and oxygen atoms in total. The van der Waals surface area contributed by atoms with E-state index < -0.39 is 5.92 Å². The van der Waals surface area contributed by atoms with E-state index in [2.05, 4.69) is 48.1 Å². The van der Waals surface area contributed by atoms with Gasteiger partial charge in [-0.1, -0.05) is 78.5 Å². The summed E-state index contributed by atoms with van der Waals surface area (Å²) in [7, 11) is 1.67. The van der Waals surface area contributed by atoms with Gasteiger partial charge < -0.3 is 14.2 Å². The van der Waals surface area contributed by atoms with Crippen LogP contribution in [-0.2, 0) is 20.4 Å². The molecule has 1 aliphatic heterocycles. The average molecular weight is 465 g/mol. The molecule has 1 fully saturated rings. The molecule has 3 atom stereocenters. The highest BCUT2D eigenvalue weighted by molar-refractivity contribution is 5.77. The topological polar surface area (TPSA) is 44.8 Å². The molecular weight excluding hydrogens is 424 g/mol. The molecule has 0 N–H and O–H groups in total. The molecule has 0 radical (unpaired) electrons. The summed E-state index contributed by atoms with van der Waals surface area (Å²) in [4.78, 5) is 13.4. The van der Waals surface area contributed by atoms with Crippen molar-refractivity contribution in [1.29, 1.82) is 0 Å². The number of carbonyl (C=O) groups is 1. The highest BCUT2D eigenvalue weighted by atomic mass is 16.5. The summed E-state index contributed by atoms with van der Waals surface area (Å²) < 4.78 is 18.1. The molecule has 1 heterocycles. The van der Waals surface area contributed by atoms with Crippen LogP contribution in [0.15, 0.2) is 49.0 Å². The van der Waals surface area contributed by atoms with Gasteiger partial charge in [0.25, 0.3) is 0 Å². The summed E-state index contributed by atoms with van der Waals surface area (Å²) in [5, 5.41) is 0. The summed E-state index contributed by atoms with van der Waals surface area (Å²) in [5.41, 5.74) is 3.50. The largest absolute Gasteiger partial charge is 0.497 e. The molecule has 0 bridgehead atoms. The van der Waals surface area contributed by atoms with E-state index in [-0.39, 0.29) is 29.0 Å². The zero-order valence-corrected chi connectivity index (χ0v) is 22.0. The molecule has 2 aromatic carbocycles. The predicted molar refractivity (Wildman–Crippen MR) is 139 cm³/mol. The van der Waals surface area contributed by atoms with E-state index in [1.165, 1.54) is 0 Å². The van der Waals surface area contributed by atoms with Crippen LogP contribution in [0.5, 0.6) is 11.5 Å². The van der Waals surface area contributed by atoms with Gasteiger partial charge in [0.05, 0.1) is 25.2 Å². The van der Waals surface area contributed by atoms with Crippen molar-refractivity contribution in [2.75, 3.05) is 7.11 Å². The van der Waals surface area contributed by atoms with Gasteiger partial charge in [0.1, 0.15) is 11.5 Å². The van der Waals surface area contributed by atoms with Crippen molar-refractivity contribution in [3.63, 3.8) is 0 Å². The van der Waals surface area contributed by atoms with E-state index in [4.69, 9.17) is 14.2 Å². The fourth-order valence-electron chi connectivity index (χ4n) is 4.41. The van der Waals surface area contributed by atoms with E-state index in [9.17, 15) is 4.79 Å². The Kier molecular flexibility index (Phi) is 7.62. The first kappa shape index (κ1) is 26.0. The number of ether oxygens (including phenoxy) is 3. The zero-order chi connectivity index (χ0) is 25.3. The molecule has 0 aromatic heterocycles. The predicted octanol–water partition coefficient (Wildman–Crippen LogP) is 7.09. The van der Waals surface area contributed by atoms with Crippen LogP contribution in [0.25, 0.3) is 5.57 Å². The lowest BCUT2D eigenvalue weighted by molar-refractivity contribution is -0.143. The SMILES string of the molecule is C=C(c1ccccc1)[C@@H]1CC[C@@H](C(C)C(=O)Oc2c(C(C)(C)C)cc(OC)cc2C(C)(C)C)O1. The summed E-state index contributed by atoms with van der Waals surface area (Å²) in [6, 6.07) is 14.0. The molecule has 1 saturated heterocycles. The van der Waals surface area contributed by atoms with Crippen LogP contribution in [0.2, 0.25) is 0 Å². The van der Waals surface area contributed by atoms with E-state index in [1.54, 1.807) is 7.11 Å². The number of methoxy groups -OCH3 is 1. The molecule has 4 heteroatoms. The molecule has 184 valence electrons. The summed E-state index contributed by atoms with van der Waals surface area (Å²) >= 11 is 0. The Morgan fingerprint density at radius 3 is 2.06 bits per heavy atom. The number of carbonyl (C=O) groups excluding carboxylic acids is 1. The van der Waals surface area contributed by atoms with Crippen LogP contribution in [0, 0.1) is 5.92 Å². The van der Waals surface area contributed by atoms with Gasteiger partial charge in [-0.05, 0) is 53.9 Å². The molecule has 2 aromatic rings. The number of benzene rings is 2. The lowest BCUT2D eigenvalue weighted by Crippen LogP contribution is -2.31. The average Bonchev–Trinajstić information content (AvgIpc) is 3.27. The van der Waals surface area contributed by atoms with Crippen molar-refractivity contribution in [2.24, 2.45) is 5.92 Å². The highest BCUT2D eigenvalue weighted by Crippen LogP contribution is 2.43. The second-order valence-corrected chi connectivity index (χ2v) is 11.4. The normalized spacial score (nSPS) is 19.5. The van der Waals surface area contributed by atoms with Crippen molar-refractivity contribution in [3.8, 4) is 11.5 Å². The van der Waals surface area contributed by atoms with Gasteiger partial charge in [-0.2, -0.15) is 0 Å². The summed E-state index contributed by atoms with van der Waals surface area (Å²) in [6.07, 6.45) is 1.36. The Morgan fingerprint density at radius 1 is 1.00 bits per heavy atom. The second-order valence-electron chi connectivity index (χ2n) is 11.4. The van der Waals surface area contributed by atoms with Gasteiger partial charge in [0.15, 0.2) is 0 Å². The zero-order valence-electron chi connectivity index (χ0n) is 22.0. The summed E-state index contributed by atoms with van der Waals surface area (Å²) in [5.74, 6) is 0.749. The fraction of sp³-hybridized carbons (Fsp3) is 0.500. The van der Waals surface area contributed by atoms with Crippen LogP contribution in [-0.4, -0.2) is 25.3 Å². The second kappa shape index (κ2) is 9.95. The van der Waals surface area contributed by atoms with E-state index in [0.717, 1.165) is 40.9 Å². The maximum atomic E-state index is 13.4. The first-order valence-electron chi connectivity index (χ1n) is 12.2. The Balaban J connectivity index is 1.83. The summed E-state index contributed by atoms with van der Waals surface area (Å²) in [6.45, 7) is 18.9. The third kappa shape index (κ3) is 5.72. The lowest BCUT2D eigenvalue weighted by Gasteiger charge is -2.30. The Morgan fingerprint density at radius 2 is 1.56 bits per heavy atom. The standard InChI is InChI=1S/C30H40O4/c1-19(21-13-11-10-12-14-21)25-15-16-26(33-25)20(2)28(31)34-27-23(29(3,4)5)17-22(32-9)18-24(27)30(6,7)8/h10-14,17-18,20,25-26H,1,15-16H2,2-9H3/t20?,25-,26-/m0/s1. The minimum absolute atomic E-state index is 0.0843. The fourth-order valence-corrected chi connectivity index (χ4v) is 4.41. The maximum Gasteiger partial charge on any atom is 0.316 e. The molecule has 1 aliphatic rings. The molecular formula is C30H40O4. The first-order chi connectivity index (χ1) is 15.8. The molecule has 1 unspecified atom stereocenters. The maximum absolute atomic E-state index is 13.4.